The summed E-state index contributed by atoms with van der Waals surface area (Å²) in [5.74, 6) is 0. The molecular weight excluding hydrogens is 228 g/mol. The highest BCUT2D eigenvalue weighted by Gasteiger charge is 2.16. The first kappa shape index (κ1) is 14.4. The summed E-state index contributed by atoms with van der Waals surface area (Å²) in [6.45, 7) is 8.00. The first-order valence-electron chi connectivity index (χ1n) is 6.06. The normalized spacial score (nSPS) is 17.7. The quantitative estimate of drug-likeness (QED) is 0.819. The summed E-state index contributed by atoms with van der Waals surface area (Å²) in [5, 5.41) is 2.74. The van der Waals surface area contributed by atoms with Gasteiger partial charge in [-0.2, -0.15) is 0 Å². The Balaban J connectivity index is 2.47. The molecule has 1 aliphatic heterocycles. The molecule has 0 spiro atoms. The van der Waals surface area contributed by atoms with Gasteiger partial charge in [-0.15, -0.1) is 0 Å². The molecule has 1 aliphatic rings. The van der Waals surface area contributed by atoms with Gasteiger partial charge in [0, 0.05) is 25.5 Å². The second-order valence-electron chi connectivity index (χ2n) is 5.22. The van der Waals surface area contributed by atoms with E-state index in [0.717, 1.165) is 11.3 Å². The van der Waals surface area contributed by atoms with E-state index in [9.17, 15) is 4.79 Å². The fourth-order valence-electron chi connectivity index (χ4n) is 1.57. The van der Waals surface area contributed by atoms with Crippen LogP contribution < -0.4 is 5.32 Å². The molecular formula is C14H22N2O2. The highest BCUT2D eigenvalue weighted by Crippen LogP contribution is 2.14. The van der Waals surface area contributed by atoms with Crippen molar-refractivity contribution in [3.05, 3.63) is 35.7 Å². The number of rotatable bonds is 2. The van der Waals surface area contributed by atoms with Crippen LogP contribution in [0.1, 0.15) is 27.7 Å². The van der Waals surface area contributed by atoms with Crippen molar-refractivity contribution in [3.63, 3.8) is 0 Å². The zero-order valence-electron chi connectivity index (χ0n) is 11.8. The number of likely N-dealkylation sites (N-methyl/N-ethyl adjacent to an activating group) is 1. The maximum absolute atomic E-state index is 11.5. The molecule has 0 saturated carbocycles. The average Bonchev–Trinajstić information content (AvgIpc) is 2.24. The molecule has 0 fully saturated rings. The van der Waals surface area contributed by atoms with Gasteiger partial charge in [0.05, 0.1) is 0 Å². The van der Waals surface area contributed by atoms with Crippen LogP contribution in [0.15, 0.2) is 35.7 Å². The Bertz CT molecular complexity index is 401. The summed E-state index contributed by atoms with van der Waals surface area (Å²) in [4.78, 5) is 13.5. The topological polar surface area (TPSA) is 41.6 Å². The van der Waals surface area contributed by atoms with Gasteiger partial charge in [0.15, 0.2) is 0 Å². The average molecular weight is 250 g/mol. The van der Waals surface area contributed by atoms with Crippen LogP contribution >= 0.6 is 0 Å². The first-order chi connectivity index (χ1) is 8.31. The van der Waals surface area contributed by atoms with Crippen molar-refractivity contribution in [1.82, 2.24) is 10.2 Å². The summed E-state index contributed by atoms with van der Waals surface area (Å²) in [5.41, 5.74) is 1.71. The minimum atomic E-state index is -0.463. The van der Waals surface area contributed by atoms with Crippen molar-refractivity contribution in [3.8, 4) is 0 Å². The van der Waals surface area contributed by atoms with Crippen LogP contribution in [0.5, 0.6) is 0 Å². The second-order valence-corrected chi connectivity index (χ2v) is 5.22. The number of hydrogen-bond acceptors (Lipinski definition) is 3. The van der Waals surface area contributed by atoms with E-state index >= 15 is 0 Å². The molecule has 0 unspecified atom stereocenters. The van der Waals surface area contributed by atoms with Crippen molar-refractivity contribution in [2.75, 3.05) is 13.6 Å². The van der Waals surface area contributed by atoms with Crippen LogP contribution in [0.4, 0.5) is 4.79 Å². The maximum atomic E-state index is 11.5. The molecule has 4 nitrogen and oxygen atoms in total. The standard InChI is InChI=1S/C14H22N2O2/c1-6-12-8-7-11(10-16(12)5)9-15-13(17)18-14(2,3)4/h6-8,10H,9H2,1-5H3,(H,15,17). The van der Waals surface area contributed by atoms with Gasteiger partial charge in [-0.3, -0.25) is 0 Å². The maximum Gasteiger partial charge on any atom is 0.407 e. The van der Waals surface area contributed by atoms with Crippen molar-refractivity contribution in [2.24, 2.45) is 0 Å². The molecule has 1 heterocycles. The molecule has 0 saturated heterocycles. The van der Waals surface area contributed by atoms with Crippen molar-refractivity contribution in [2.45, 2.75) is 33.3 Å². The predicted octanol–water partition coefficient (Wildman–Crippen LogP) is 2.80. The third-order valence-electron chi connectivity index (χ3n) is 2.37. The molecule has 18 heavy (non-hydrogen) atoms. The molecule has 0 atom stereocenters. The second kappa shape index (κ2) is 5.76. The lowest BCUT2D eigenvalue weighted by Gasteiger charge is -2.22. The van der Waals surface area contributed by atoms with Crippen molar-refractivity contribution in [1.29, 1.82) is 0 Å². The van der Waals surface area contributed by atoms with Gasteiger partial charge in [-0.1, -0.05) is 12.2 Å². The van der Waals surface area contributed by atoms with E-state index in [4.69, 9.17) is 4.74 Å². The van der Waals surface area contributed by atoms with E-state index < -0.39 is 11.7 Å². The van der Waals surface area contributed by atoms with E-state index in [1.165, 1.54) is 0 Å². The Morgan fingerprint density at radius 1 is 1.44 bits per heavy atom. The van der Waals surface area contributed by atoms with Crippen LogP contribution in [0.3, 0.4) is 0 Å². The van der Waals surface area contributed by atoms with Crippen LogP contribution in [0.2, 0.25) is 0 Å². The fraction of sp³-hybridized carbons (Fsp3) is 0.500. The molecule has 0 aromatic heterocycles. The smallest absolute Gasteiger partial charge is 0.407 e. The first-order valence-corrected chi connectivity index (χ1v) is 6.06. The monoisotopic (exact) mass is 250 g/mol. The number of nitrogens with zero attached hydrogens (tertiary/aromatic N) is 1. The van der Waals surface area contributed by atoms with E-state index in [0.29, 0.717) is 6.54 Å². The summed E-state index contributed by atoms with van der Waals surface area (Å²) in [6, 6.07) is 0. The largest absolute Gasteiger partial charge is 0.444 e. The van der Waals surface area contributed by atoms with Gasteiger partial charge in [-0.25, -0.2) is 4.79 Å². The lowest BCUT2D eigenvalue weighted by atomic mass is 10.1. The highest BCUT2D eigenvalue weighted by atomic mass is 16.6. The number of carbonyl (C=O) groups is 1. The van der Waals surface area contributed by atoms with Gasteiger partial charge >= 0.3 is 6.09 Å². The zero-order chi connectivity index (χ0) is 13.8. The van der Waals surface area contributed by atoms with Crippen molar-refractivity contribution >= 4 is 6.09 Å². The van der Waals surface area contributed by atoms with Gasteiger partial charge in [0.25, 0.3) is 0 Å². The molecule has 4 heteroatoms. The van der Waals surface area contributed by atoms with Crippen LogP contribution in [0.25, 0.3) is 0 Å². The fourth-order valence-corrected chi connectivity index (χ4v) is 1.57. The number of nitrogens with one attached hydrogen (secondary N) is 1. The molecule has 0 bridgehead atoms. The molecule has 0 aromatic carbocycles. The van der Waals surface area contributed by atoms with Gasteiger partial charge < -0.3 is 15.0 Å². The lowest BCUT2D eigenvalue weighted by Crippen LogP contribution is -2.33. The number of allylic oxidation sites excluding steroid dienone is 2. The summed E-state index contributed by atoms with van der Waals surface area (Å²) >= 11 is 0. The minimum Gasteiger partial charge on any atom is -0.444 e. The van der Waals surface area contributed by atoms with Gasteiger partial charge in [0.1, 0.15) is 5.60 Å². The number of alkyl carbamates (subject to hydrolysis) is 1. The molecule has 1 N–H and O–H groups in total. The molecule has 0 radical (unpaired) electrons. The Hall–Kier alpha value is -1.71. The number of hydrogen-bond donors (Lipinski definition) is 1. The van der Waals surface area contributed by atoms with Crippen molar-refractivity contribution < 1.29 is 9.53 Å². The summed E-state index contributed by atoms with van der Waals surface area (Å²) in [7, 11) is 1.98. The van der Waals surface area contributed by atoms with E-state index in [1.807, 2.05) is 64.1 Å². The highest BCUT2D eigenvalue weighted by molar-refractivity contribution is 5.68. The molecule has 0 aliphatic carbocycles. The lowest BCUT2D eigenvalue weighted by molar-refractivity contribution is 0.0533. The minimum absolute atomic E-state index is 0.392. The number of amides is 1. The predicted molar refractivity (Wildman–Crippen MR) is 73.0 cm³/mol. The molecule has 100 valence electrons. The summed E-state index contributed by atoms with van der Waals surface area (Å²) in [6.07, 6.45) is 7.65. The third kappa shape index (κ3) is 4.65. The Labute approximate surface area is 109 Å². The van der Waals surface area contributed by atoms with Crippen LogP contribution in [-0.2, 0) is 4.74 Å². The van der Waals surface area contributed by atoms with Crippen LogP contribution in [0, 0.1) is 0 Å². The van der Waals surface area contributed by atoms with Gasteiger partial charge in [0.2, 0.25) is 0 Å². The summed E-state index contributed by atoms with van der Waals surface area (Å²) < 4.78 is 5.17. The van der Waals surface area contributed by atoms with Crippen LogP contribution in [-0.4, -0.2) is 30.2 Å². The SMILES string of the molecule is CC=C1C=CC(CNC(=O)OC(C)(C)C)=CN1C. The third-order valence-corrected chi connectivity index (χ3v) is 2.37. The van der Waals surface area contributed by atoms with E-state index in [1.54, 1.807) is 0 Å². The molecule has 1 rings (SSSR count). The molecule has 1 amide bonds. The van der Waals surface area contributed by atoms with E-state index in [2.05, 4.69) is 5.32 Å². The Morgan fingerprint density at radius 3 is 2.61 bits per heavy atom. The zero-order valence-corrected chi connectivity index (χ0v) is 11.8. The Kier molecular flexibility index (Phi) is 4.59. The van der Waals surface area contributed by atoms with Gasteiger partial charge in [-0.05, 0) is 39.3 Å². The number of carbonyl (C=O) groups excluding carboxylic acids is 1. The molecule has 0 aromatic rings. The van der Waals surface area contributed by atoms with E-state index in [-0.39, 0.29) is 0 Å². The Morgan fingerprint density at radius 2 is 2.11 bits per heavy atom. The number of ether oxygens (including phenoxy) is 1.